The maximum Gasteiger partial charge on any atom is 0.0714 e. The summed E-state index contributed by atoms with van der Waals surface area (Å²) in [5, 5.41) is 17.7. The third-order valence-corrected chi connectivity index (χ3v) is 14.4. The molecule has 0 unspecified atom stereocenters. The zero-order chi connectivity index (χ0) is 41.9. The third kappa shape index (κ3) is 4.73. The minimum atomic E-state index is -0.535. The maximum atomic E-state index is 2.56. The molecule has 0 spiro atoms. The molecule has 1 heteroatoms. The average Bonchev–Trinajstić information content (AvgIpc) is 3.66. The fourth-order valence-corrected chi connectivity index (χ4v) is 11.9. The molecule has 0 N–H and O–H groups in total. The smallest absolute Gasteiger partial charge is 0.0714 e. The van der Waals surface area contributed by atoms with E-state index in [1.54, 1.807) is 0 Å². The Labute approximate surface area is 371 Å². The van der Waals surface area contributed by atoms with Crippen LogP contribution < -0.4 is 4.90 Å². The predicted molar refractivity (Wildman–Crippen MR) is 272 cm³/mol. The van der Waals surface area contributed by atoms with E-state index in [2.05, 4.69) is 241 Å². The van der Waals surface area contributed by atoms with Gasteiger partial charge in [0.25, 0.3) is 0 Å². The van der Waals surface area contributed by atoms with Gasteiger partial charge in [-0.25, -0.2) is 0 Å². The van der Waals surface area contributed by atoms with Crippen molar-refractivity contribution in [1.29, 1.82) is 0 Å². The van der Waals surface area contributed by atoms with Crippen LogP contribution in [0.5, 0.6) is 0 Å². The molecule has 1 aliphatic carbocycles. The lowest BCUT2D eigenvalue weighted by molar-refractivity contribution is 0.768. The molecule has 1 nitrogen and oxygen atoms in total. The average molecular weight is 810 g/mol. The number of hydrogen-bond acceptors (Lipinski definition) is 1. The van der Waals surface area contributed by atoms with Gasteiger partial charge in [-0.1, -0.05) is 212 Å². The van der Waals surface area contributed by atoms with Crippen molar-refractivity contribution < 1.29 is 0 Å². The summed E-state index contributed by atoms with van der Waals surface area (Å²) in [5.74, 6) is 0. The second kappa shape index (κ2) is 13.4. The summed E-state index contributed by atoms with van der Waals surface area (Å²) in [6, 6.07) is 88.8. The van der Waals surface area contributed by atoms with E-state index < -0.39 is 5.41 Å². The lowest BCUT2D eigenvalue weighted by atomic mass is 9.67. The molecule has 0 bridgehead atoms. The molecular formula is C63H39N. The van der Waals surface area contributed by atoms with E-state index in [0.717, 1.165) is 17.1 Å². The Morgan fingerprint density at radius 3 is 1.45 bits per heavy atom. The molecule has 0 saturated carbocycles. The van der Waals surface area contributed by atoms with E-state index in [1.807, 2.05) is 0 Å². The predicted octanol–water partition coefficient (Wildman–Crippen LogP) is 17.0. The number of fused-ring (bicyclic) bond motifs is 6. The molecule has 0 saturated heterocycles. The molecule has 296 valence electrons. The number of nitrogens with zero attached hydrogens (tertiary/aromatic N) is 1. The Balaban J connectivity index is 1.15. The van der Waals surface area contributed by atoms with Crippen LogP contribution in [0, 0.1) is 0 Å². The molecule has 14 rings (SSSR count). The molecule has 0 aromatic heterocycles. The topological polar surface area (TPSA) is 3.24 Å². The summed E-state index contributed by atoms with van der Waals surface area (Å²) in [4.78, 5) is 2.56. The quantitative estimate of drug-likeness (QED) is 0.157. The molecule has 0 fully saturated rings. The van der Waals surface area contributed by atoms with Crippen LogP contribution in [0.15, 0.2) is 237 Å². The molecule has 0 atom stereocenters. The lowest BCUT2D eigenvalue weighted by Crippen LogP contribution is -2.28. The summed E-state index contributed by atoms with van der Waals surface area (Å²) in [7, 11) is 0. The molecule has 0 aliphatic heterocycles. The van der Waals surface area contributed by atoms with Crippen molar-refractivity contribution >= 4 is 92.5 Å². The van der Waals surface area contributed by atoms with Crippen LogP contribution in [0.2, 0.25) is 0 Å². The van der Waals surface area contributed by atoms with Gasteiger partial charge in [0.1, 0.15) is 0 Å². The highest BCUT2D eigenvalue weighted by molar-refractivity contribution is 6.38. The monoisotopic (exact) mass is 809 g/mol. The van der Waals surface area contributed by atoms with Gasteiger partial charge in [0, 0.05) is 21.8 Å². The molecule has 1 aliphatic rings. The summed E-state index contributed by atoms with van der Waals surface area (Å²) in [6.45, 7) is 0. The first-order valence-corrected chi connectivity index (χ1v) is 22.3. The van der Waals surface area contributed by atoms with Gasteiger partial charge in [0.05, 0.1) is 16.8 Å². The Hall–Kier alpha value is -8.26. The van der Waals surface area contributed by atoms with Gasteiger partial charge in [-0.3, -0.25) is 0 Å². The van der Waals surface area contributed by atoms with Gasteiger partial charge in [0.15, 0.2) is 0 Å². The van der Waals surface area contributed by atoms with Gasteiger partial charge >= 0.3 is 0 Å². The summed E-state index contributed by atoms with van der Waals surface area (Å²) >= 11 is 0. The van der Waals surface area contributed by atoms with Crippen LogP contribution >= 0.6 is 0 Å². The first-order valence-electron chi connectivity index (χ1n) is 22.3. The molecule has 0 amide bonds. The van der Waals surface area contributed by atoms with Gasteiger partial charge in [-0.05, 0) is 117 Å². The Morgan fingerprint density at radius 2 is 0.750 bits per heavy atom. The zero-order valence-corrected chi connectivity index (χ0v) is 35.0. The number of benzene rings is 12. The van der Waals surface area contributed by atoms with Crippen molar-refractivity contribution in [2.45, 2.75) is 5.41 Å². The van der Waals surface area contributed by atoms with E-state index in [-0.39, 0.29) is 0 Å². The van der Waals surface area contributed by atoms with E-state index in [1.165, 1.54) is 109 Å². The molecule has 0 radical (unpaired) electrons. The van der Waals surface area contributed by atoms with Crippen LogP contribution in [0.1, 0.15) is 22.3 Å². The van der Waals surface area contributed by atoms with Gasteiger partial charge in [-0.15, -0.1) is 0 Å². The highest BCUT2D eigenvalue weighted by atomic mass is 15.1. The number of hydrogen-bond donors (Lipinski definition) is 0. The van der Waals surface area contributed by atoms with Crippen molar-refractivity contribution in [3.05, 3.63) is 259 Å². The van der Waals surface area contributed by atoms with E-state index in [4.69, 9.17) is 0 Å². The molecule has 13 aromatic carbocycles. The van der Waals surface area contributed by atoms with E-state index in [0.29, 0.717) is 0 Å². The third-order valence-electron chi connectivity index (χ3n) is 14.4. The fourth-order valence-electron chi connectivity index (χ4n) is 11.9. The minimum absolute atomic E-state index is 0.535. The first kappa shape index (κ1) is 35.3. The first-order chi connectivity index (χ1) is 31.8. The summed E-state index contributed by atoms with van der Waals surface area (Å²) in [5.41, 5.74) is 10.5. The summed E-state index contributed by atoms with van der Waals surface area (Å²) in [6.07, 6.45) is 0. The molecular weight excluding hydrogens is 771 g/mol. The molecule has 64 heavy (non-hydrogen) atoms. The van der Waals surface area contributed by atoms with Crippen LogP contribution in [0.25, 0.3) is 86.5 Å². The van der Waals surface area contributed by atoms with Crippen molar-refractivity contribution in [3.8, 4) is 11.1 Å². The van der Waals surface area contributed by atoms with Crippen molar-refractivity contribution in [2.24, 2.45) is 0 Å². The Kier molecular flexibility index (Phi) is 7.38. The standard InChI is InChI=1S/C63H39N/c1-3-21-44(22-4-1)63(45-23-5-2-6-24-45)55-32-10-9-26-48(55)49-37-36-46(39-56(49)63)64(57-33-14-17-40-16-7-8-25-47(40)57)58-38-43-20-13-29-51-50-27-11-18-41-34-35-42-19-12-28-52(60(42)59(41)50)53-30-15-31-54(58)62(53)61(43)51/h1-39H. The number of rotatable bonds is 5. The van der Waals surface area contributed by atoms with E-state index >= 15 is 0 Å². The van der Waals surface area contributed by atoms with Crippen molar-refractivity contribution in [2.75, 3.05) is 4.90 Å². The zero-order valence-electron chi connectivity index (χ0n) is 35.0. The largest absolute Gasteiger partial charge is 0.309 e. The van der Waals surface area contributed by atoms with Crippen LogP contribution in [0.4, 0.5) is 17.1 Å². The fraction of sp³-hybridized carbons (Fsp3) is 0.0159. The normalized spacial score (nSPS) is 13.1. The minimum Gasteiger partial charge on any atom is -0.309 e. The van der Waals surface area contributed by atoms with Gasteiger partial charge < -0.3 is 4.90 Å². The Bertz CT molecular complexity index is 3970. The Morgan fingerprint density at radius 1 is 0.266 bits per heavy atom. The van der Waals surface area contributed by atoms with Crippen molar-refractivity contribution in [1.82, 2.24) is 0 Å². The van der Waals surface area contributed by atoms with Crippen molar-refractivity contribution in [3.63, 3.8) is 0 Å². The summed E-state index contributed by atoms with van der Waals surface area (Å²) < 4.78 is 0. The lowest BCUT2D eigenvalue weighted by Gasteiger charge is -2.35. The molecule has 0 heterocycles. The van der Waals surface area contributed by atoms with Gasteiger partial charge in [-0.2, -0.15) is 0 Å². The molecule has 13 aromatic rings. The highest BCUT2D eigenvalue weighted by Crippen LogP contribution is 2.58. The second-order valence-electron chi connectivity index (χ2n) is 17.5. The van der Waals surface area contributed by atoms with Gasteiger partial charge in [0.2, 0.25) is 0 Å². The SMILES string of the molecule is c1ccc(C2(c3ccccc3)c3ccccc3-c3ccc(N(c4cccc5ccccc45)c4cc5cccc6c7cccc8ccc9cccc(c%10cccc4c%10c56)c9c87)cc32)cc1. The van der Waals surface area contributed by atoms with E-state index in [9.17, 15) is 0 Å². The maximum absolute atomic E-state index is 2.56. The van der Waals surface area contributed by atoms with Crippen LogP contribution in [-0.2, 0) is 5.41 Å². The second-order valence-corrected chi connectivity index (χ2v) is 17.5. The van der Waals surface area contributed by atoms with Crippen LogP contribution in [-0.4, -0.2) is 0 Å². The highest BCUT2D eigenvalue weighted by Gasteiger charge is 2.46. The van der Waals surface area contributed by atoms with Crippen LogP contribution in [0.3, 0.4) is 0 Å². The number of anilines is 3.